The molecule has 0 heterocycles. The molecule has 2 aromatic rings. The highest BCUT2D eigenvalue weighted by Gasteiger charge is 2.11. The van der Waals surface area contributed by atoms with Gasteiger partial charge < -0.3 is 10.5 Å². The van der Waals surface area contributed by atoms with Crippen molar-refractivity contribution in [3.8, 4) is 5.75 Å². The van der Waals surface area contributed by atoms with E-state index in [-0.39, 0.29) is 11.9 Å². The summed E-state index contributed by atoms with van der Waals surface area (Å²) in [5, 5.41) is 0. The Bertz CT molecular complexity index is 574. The lowest BCUT2D eigenvalue weighted by Crippen LogP contribution is -2.07. The Morgan fingerprint density at radius 1 is 1.05 bits per heavy atom. The SMILES string of the molecule is CC(C)Oc1ccc(C(=O)c2ccccc2N)cc1. The summed E-state index contributed by atoms with van der Waals surface area (Å²) in [5.41, 5.74) is 7.44. The Hall–Kier alpha value is -2.29. The van der Waals surface area contributed by atoms with Crippen molar-refractivity contribution in [1.29, 1.82) is 0 Å². The van der Waals surface area contributed by atoms with Gasteiger partial charge in [-0.25, -0.2) is 0 Å². The second-order valence-electron chi connectivity index (χ2n) is 4.61. The summed E-state index contributed by atoms with van der Waals surface area (Å²) in [4.78, 5) is 12.3. The first-order chi connectivity index (χ1) is 9.08. The van der Waals surface area contributed by atoms with Crippen LogP contribution in [0.2, 0.25) is 0 Å². The van der Waals surface area contributed by atoms with Gasteiger partial charge in [0.05, 0.1) is 6.10 Å². The van der Waals surface area contributed by atoms with Gasteiger partial charge in [0.1, 0.15) is 5.75 Å². The predicted octanol–water partition coefficient (Wildman–Crippen LogP) is 3.29. The van der Waals surface area contributed by atoms with Gasteiger partial charge in [0.25, 0.3) is 0 Å². The van der Waals surface area contributed by atoms with Crippen LogP contribution in [-0.4, -0.2) is 11.9 Å². The Kier molecular flexibility index (Phi) is 3.85. The van der Waals surface area contributed by atoms with Crippen molar-refractivity contribution in [1.82, 2.24) is 0 Å². The first kappa shape index (κ1) is 13.1. The Morgan fingerprint density at radius 3 is 2.26 bits per heavy atom. The average molecular weight is 255 g/mol. The van der Waals surface area contributed by atoms with Crippen molar-refractivity contribution >= 4 is 11.5 Å². The fourth-order valence-electron chi connectivity index (χ4n) is 1.82. The molecule has 0 spiro atoms. The zero-order chi connectivity index (χ0) is 13.8. The molecule has 3 nitrogen and oxygen atoms in total. The first-order valence-corrected chi connectivity index (χ1v) is 6.24. The molecule has 0 saturated heterocycles. The molecule has 0 aliphatic heterocycles. The van der Waals surface area contributed by atoms with Gasteiger partial charge in [0, 0.05) is 16.8 Å². The molecule has 19 heavy (non-hydrogen) atoms. The number of hydrogen-bond donors (Lipinski definition) is 1. The van der Waals surface area contributed by atoms with Crippen molar-refractivity contribution in [3.05, 3.63) is 59.7 Å². The van der Waals surface area contributed by atoms with Gasteiger partial charge in [0.15, 0.2) is 5.78 Å². The zero-order valence-electron chi connectivity index (χ0n) is 11.1. The number of nitrogen functional groups attached to an aromatic ring is 1. The molecule has 0 bridgehead atoms. The molecule has 0 aromatic heterocycles. The number of ether oxygens (including phenoxy) is 1. The van der Waals surface area contributed by atoms with Crippen LogP contribution in [0.4, 0.5) is 5.69 Å². The van der Waals surface area contributed by atoms with Crippen molar-refractivity contribution in [2.24, 2.45) is 0 Å². The summed E-state index contributed by atoms with van der Waals surface area (Å²) in [5.74, 6) is 0.682. The standard InChI is InChI=1S/C16H17NO2/c1-11(2)19-13-9-7-12(8-10-13)16(18)14-5-3-4-6-15(14)17/h3-11H,17H2,1-2H3. The second-order valence-corrected chi connectivity index (χ2v) is 4.61. The van der Waals surface area contributed by atoms with Crippen LogP contribution in [0.25, 0.3) is 0 Å². The van der Waals surface area contributed by atoms with E-state index in [1.54, 1.807) is 42.5 Å². The summed E-state index contributed by atoms with van der Waals surface area (Å²) in [7, 11) is 0. The molecule has 3 heteroatoms. The number of para-hydroxylation sites is 1. The van der Waals surface area contributed by atoms with Crippen LogP contribution >= 0.6 is 0 Å². The summed E-state index contributed by atoms with van der Waals surface area (Å²) < 4.78 is 5.54. The third-order valence-corrected chi connectivity index (χ3v) is 2.69. The minimum absolute atomic E-state index is 0.0748. The summed E-state index contributed by atoms with van der Waals surface area (Å²) >= 11 is 0. The van der Waals surface area contributed by atoms with Crippen LogP contribution in [0, 0.1) is 0 Å². The number of anilines is 1. The van der Waals surface area contributed by atoms with Crippen LogP contribution in [0.3, 0.4) is 0 Å². The lowest BCUT2D eigenvalue weighted by Gasteiger charge is -2.10. The molecule has 2 rings (SSSR count). The monoisotopic (exact) mass is 255 g/mol. The Morgan fingerprint density at radius 2 is 1.68 bits per heavy atom. The number of rotatable bonds is 4. The number of nitrogens with two attached hydrogens (primary N) is 1. The summed E-state index contributed by atoms with van der Waals surface area (Å²) in [6.45, 7) is 3.92. The molecule has 2 N–H and O–H groups in total. The molecule has 0 aliphatic rings. The number of carbonyl (C=O) groups is 1. The minimum Gasteiger partial charge on any atom is -0.491 e. The largest absolute Gasteiger partial charge is 0.491 e. The van der Waals surface area contributed by atoms with E-state index in [2.05, 4.69) is 0 Å². The van der Waals surface area contributed by atoms with E-state index < -0.39 is 0 Å². The molecule has 0 fully saturated rings. The molecular weight excluding hydrogens is 238 g/mol. The third kappa shape index (κ3) is 3.13. The average Bonchev–Trinajstić information content (AvgIpc) is 2.39. The van der Waals surface area contributed by atoms with E-state index in [0.29, 0.717) is 16.8 Å². The predicted molar refractivity (Wildman–Crippen MR) is 76.5 cm³/mol. The van der Waals surface area contributed by atoms with Crippen LogP contribution in [0.15, 0.2) is 48.5 Å². The van der Waals surface area contributed by atoms with E-state index in [1.807, 2.05) is 19.9 Å². The molecule has 0 radical (unpaired) electrons. The molecule has 0 unspecified atom stereocenters. The highest BCUT2D eigenvalue weighted by molar-refractivity contribution is 6.12. The van der Waals surface area contributed by atoms with Crippen molar-refractivity contribution in [2.75, 3.05) is 5.73 Å². The molecular formula is C16H17NO2. The molecule has 0 aliphatic carbocycles. The quantitative estimate of drug-likeness (QED) is 0.673. The van der Waals surface area contributed by atoms with Gasteiger partial charge in [-0.15, -0.1) is 0 Å². The third-order valence-electron chi connectivity index (χ3n) is 2.69. The van der Waals surface area contributed by atoms with Crippen LogP contribution in [0.1, 0.15) is 29.8 Å². The van der Waals surface area contributed by atoms with Crippen molar-refractivity contribution < 1.29 is 9.53 Å². The van der Waals surface area contributed by atoms with Gasteiger partial charge >= 0.3 is 0 Å². The molecule has 0 atom stereocenters. The minimum atomic E-state index is -0.0748. The smallest absolute Gasteiger partial charge is 0.195 e. The van der Waals surface area contributed by atoms with E-state index in [4.69, 9.17) is 10.5 Å². The topological polar surface area (TPSA) is 52.3 Å². The lowest BCUT2D eigenvalue weighted by molar-refractivity contribution is 0.103. The fraction of sp³-hybridized carbons (Fsp3) is 0.188. The molecule has 0 amide bonds. The highest BCUT2D eigenvalue weighted by atomic mass is 16.5. The van der Waals surface area contributed by atoms with Crippen LogP contribution in [-0.2, 0) is 0 Å². The maximum atomic E-state index is 12.3. The van der Waals surface area contributed by atoms with E-state index in [0.717, 1.165) is 5.75 Å². The van der Waals surface area contributed by atoms with Crippen molar-refractivity contribution in [2.45, 2.75) is 20.0 Å². The van der Waals surface area contributed by atoms with Gasteiger partial charge in [-0.3, -0.25) is 4.79 Å². The van der Waals surface area contributed by atoms with Gasteiger partial charge in [0.2, 0.25) is 0 Å². The number of hydrogen-bond acceptors (Lipinski definition) is 3. The lowest BCUT2D eigenvalue weighted by atomic mass is 10.0. The highest BCUT2D eigenvalue weighted by Crippen LogP contribution is 2.19. The number of ketones is 1. The van der Waals surface area contributed by atoms with E-state index in [9.17, 15) is 4.79 Å². The van der Waals surface area contributed by atoms with Crippen LogP contribution < -0.4 is 10.5 Å². The maximum absolute atomic E-state index is 12.3. The maximum Gasteiger partial charge on any atom is 0.195 e. The number of carbonyl (C=O) groups excluding carboxylic acids is 1. The second kappa shape index (κ2) is 5.57. The van der Waals surface area contributed by atoms with Crippen molar-refractivity contribution in [3.63, 3.8) is 0 Å². The summed E-state index contributed by atoms with van der Waals surface area (Å²) in [6.07, 6.45) is 0.117. The molecule has 98 valence electrons. The zero-order valence-corrected chi connectivity index (χ0v) is 11.1. The van der Waals surface area contributed by atoms with E-state index >= 15 is 0 Å². The Labute approximate surface area is 113 Å². The van der Waals surface area contributed by atoms with Gasteiger partial charge in [-0.05, 0) is 50.2 Å². The summed E-state index contributed by atoms with van der Waals surface area (Å²) in [6, 6.07) is 14.2. The Balaban J connectivity index is 2.23. The van der Waals surface area contributed by atoms with Gasteiger partial charge in [-0.1, -0.05) is 12.1 Å². The number of benzene rings is 2. The van der Waals surface area contributed by atoms with Crippen LogP contribution in [0.5, 0.6) is 5.75 Å². The molecule has 0 saturated carbocycles. The fourth-order valence-corrected chi connectivity index (χ4v) is 1.82. The van der Waals surface area contributed by atoms with Gasteiger partial charge in [-0.2, -0.15) is 0 Å². The first-order valence-electron chi connectivity index (χ1n) is 6.24. The normalized spacial score (nSPS) is 10.5. The van der Waals surface area contributed by atoms with E-state index in [1.165, 1.54) is 0 Å². The molecule has 2 aromatic carbocycles.